The number of halogens is 1. The quantitative estimate of drug-likeness (QED) is 0.784. The van der Waals surface area contributed by atoms with Crippen molar-refractivity contribution in [2.45, 2.75) is 5.92 Å². The molecule has 0 atom stereocenters. The number of urea groups is 1. The van der Waals surface area contributed by atoms with Gasteiger partial charge < -0.3 is 19.2 Å². The van der Waals surface area contributed by atoms with Crippen LogP contribution in [0.5, 0.6) is 0 Å². The third-order valence-corrected chi connectivity index (χ3v) is 4.01. The normalized spacial score (nSPS) is 14.5. The van der Waals surface area contributed by atoms with Crippen LogP contribution in [0, 0.1) is 0 Å². The Hall–Kier alpha value is -2.80. The summed E-state index contributed by atoms with van der Waals surface area (Å²) in [5.74, 6) is 1.51. The highest BCUT2D eigenvalue weighted by Crippen LogP contribution is 2.28. The fourth-order valence-electron chi connectivity index (χ4n) is 2.48. The van der Waals surface area contributed by atoms with E-state index in [1.165, 1.54) is 0 Å². The van der Waals surface area contributed by atoms with Crippen LogP contribution >= 0.6 is 11.6 Å². The van der Waals surface area contributed by atoms with E-state index in [1.807, 2.05) is 0 Å². The highest BCUT2D eigenvalue weighted by atomic mass is 35.5. The van der Waals surface area contributed by atoms with Gasteiger partial charge in [0, 0.05) is 23.8 Å². The third kappa shape index (κ3) is 2.85. The van der Waals surface area contributed by atoms with Crippen LogP contribution in [-0.4, -0.2) is 34.2 Å². The number of hydrogen-bond acceptors (Lipinski definition) is 5. The molecule has 8 heteroatoms. The lowest BCUT2D eigenvalue weighted by Crippen LogP contribution is -2.50. The predicted molar refractivity (Wildman–Crippen MR) is 86.8 cm³/mol. The Labute approximate surface area is 142 Å². The van der Waals surface area contributed by atoms with Gasteiger partial charge in [0.25, 0.3) is 0 Å². The smallest absolute Gasteiger partial charge is 0.321 e. The molecule has 1 fully saturated rings. The van der Waals surface area contributed by atoms with Crippen molar-refractivity contribution in [3.05, 3.63) is 53.6 Å². The molecule has 122 valence electrons. The van der Waals surface area contributed by atoms with Crippen LogP contribution in [-0.2, 0) is 0 Å². The fourth-order valence-corrected chi connectivity index (χ4v) is 2.67. The van der Waals surface area contributed by atoms with E-state index in [0.29, 0.717) is 41.3 Å². The molecule has 1 aliphatic rings. The van der Waals surface area contributed by atoms with E-state index in [1.54, 1.807) is 47.6 Å². The second-order valence-electron chi connectivity index (χ2n) is 5.48. The van der Waals surface area contributed by atoms with Crippen molar-refractivity contribution in [1.82, 2.24) is 15.0 Å². The average molecular weight is 345 g/mol. The lowest BCUT2D eigenvalue weighted by Gasteiger charge is -2.36. The van der Waals surface area contributed by atoms with Crippen LogP contribution in [0.4, 0.5) is 10.5 Å². The standard InChI is InChI=1S/C16H13ClN4O3/c17-11-3-1-4-12(7-11)18-16(22)21-8-10(9-21)15-19-14(20-24-15)13-5-2-6-23-13/h1-7,10H,8-9H2,(H,18,22). The van der Waals surface area contributed by atoms with E-state index in [2.05, 4.69) is 15.5 Å². The summed E-state index contributed by atoms with van der Waals surface area (Å²) in [7, 11) is 0. The Morgan fingerprint density at radius 1 is 1.29 bits per heavy atom. The number of rotatable bonds is 3. The molecule has 0 bridgehead atoms. The maximum Gasteiger partial charge on any atom is 0.321 e. The number of aromatic nitrogens is 2. The zero-order chi connectivity index (χ0) is 16.5. The Bertz CT molecular complexity index is 856. The molecule has 0 saturated carbocycles. The molecule has 1 aliphatic heterocycles. The van der Waals surface area contributed by atoms with E-state index >= 15 is 0 Å². The molecule has 1 aromatic carbocycles. The largest absolute Gasteiger partial charge is 0.461 e. The number of carbonyl (C=O) groups is 1. The molecular formula is C16H13ClN4O3. The van der Waals surface area contributed by atoms with Gasteiger partial charge >= 0.3 is 6.03 Å². The number of benzene rings is 1. The minimum atomic E-state index is -0.181. The molecule has 1 saturated heterocycles. The number of carbonyl (C=O) groups excluding carboxylic acids is 1. The van der Waals surface area contributed by atoms with Crippen molar-refractivity contribution in [3.63, 3.8) is 0 Å². The molecule has 24 heavy (non-hydrogen) atoms. The fraction of sp³-hybridized carbons (Fsp3) is 0.188. The van der Waals surface area contributed by atoms with Gasteiger partial charge in [0.05, 0.1) is 12.2 Å². The summed E-state index contributed by atoms with van der Waals surface area (Å²) in [5.41, 5.74) is 0.661. The summed E-state index contributed by atoms with van der Waals surface area (Å²) >= 11 is 5.90. The third-order valence-electron chi connectivity index (χ3n) is 3.78. The van der Waals surface area contributed by atoms with Crippen LogP contribution in [0.25, 0.3) is 11.6 Å². The second-order valence-corrected chi connectivity index (χ2v) is 5.91. The molecule has 3 heterocycles. The summed E-state index contributed by atoms with van der Waals surface area (Å²) in [6, 6.07) is 10.4. The van der Waals surface area contributed by atoms with E-state index in [-0.39, 0.29) is 11.9 Å². The van der Waals surface area contributed by atoms with Crippen molar-refractivity contribution in [2.24, 2.45) is 0 Å². The zero-order valence-corrected chi connectivity index (χ0v) is 13.2. The highest BCUT2D eigenvalue weighted by Gasteiger charge is 2.36. The van der Waals surface area contributed by atoms with Crippen LogP contribution in [0.2, 0.25) is 5.02 Å². The number of furan rings is 1. The number of anilines is 1. The Morgan fingerprint density at radius 3 is 2.92 bits per heavy atom. The summed E-state index contributed by atoms with van der Waals surface area (Å²) in [6.45, 7) is 1.04. The molecule has 3 aromatic rings. The van der Waals surface area contributed by atoms with Crippen molar-refractivity contribution in [3.8, 4) is 11.6 Å². The van der Waals surface area contributed by atoms with E-state index in [9.17, 15) is 4.79 Å². The van der Waals surface area contributed by atoms with Gasteiger partial charge in [-0.3, -0.25) is 0 Å². The highest BCUT2D eigenvalue weighted by molar-refractivity contribution is 6.30. The van der Waals surface area contributed by atoms with Crippen molar-refractivity contribution in [2.75, 3.05) is 18.4 Å². The lowest BCUT2D eigenvalue weighted by molar-refractivity contribution is 0.147. The number of nitrogens with zero attached hydrogens (tertiary/aromatic N) is 3. The molecule has 2 amide bonds. The molecule has 0 aliphatic carbocycles. The van der Waals surface area contributed by atoms with E-state index < -0.39 is 0 Å². The van der Waals surface area contributed by atoms with Gasteiger partial charge in [-0.05, 0) is 30.3 Å². The van der Waals surface area contributed by atoms with Gasteiger partial charge in [-0.15, -0.1) is 0 Å². The van der Waals surface area contributed by atoms with Crippen LogP contribution in [0.15, 0.2) is 51.6 Å². The minimum absolute atomic E-state index is 0.0336. The summed E-state index contributed by atoms with van der Waals surface area (Å²) in [5, 5.41) is 7.28. The maximum atomic E-state index is 12.2. The predicted octanol–water partition coefficient (Wildman–Crippen LogP) is 3.61. The first kappa shape index (κ1) is 14.8. The molecule has 1 N–H and O–H groups in total. The first-order valence-electron chi connectivity index (χ1n) is 7.38. The number of likely N-dealkylation sites (tertiary alicyclic amines) is 1. The monoisotopic (exact) mass is 344 g/mol. The Balaban J connectivity index is 1.35. The first-order chi connectivity index (χ1) is 11.7. The van der Waals surface area contributed by atoms with Gasteiger partial charge in [-0.2, -0.15) is 4.98 Å². The first-order valence-corrected chi connectivity index (χ1v) is 7.76. The molecule has 0 radical (unpaired) electrons. The lowest BCUT2D eigenvalue weighted by atomic mass is 10.0. The van der Waals surface area contributed by atoms with Crippen LogP contribution in [0.1, 0.15) is 11.8 Å². The summed E-state index contributed by atoms with van der Waals surface area (Å²) < 4.78 is 10.5. The van der Waals surface area contributed by atoms with Gasteiger partial charge in [0.15, 0.2) is 5.76 Å². The van der Waals surface area contributed by atoms with Gasteiger partial charge in [-0.1, -0.05) is 22.8 Å². The molecule has 0 spiro atoms. The minimum Gasteiger partial charge on any atom is -0.461 e. The molecule has 0 unspecified atom stereocenters. The SMILES string of the molecule is O=C(Nc1cccc(Cl)c1)N1CC(c2nc(-c3ccco3)no2)C1. The van der Waals surface area contributed by atoms with Crippen LogP contribution in [0.3, 0.4) is 0 Å². The molecule has 4 rings (SSSR count). The van der Waals surface area contributed by atoms with Crippen molar-refractivity contribution in [1.29, 1.82) is 0 Å². The van der Waals surface area contributed by atoms with E-state index in [0.717, 1.165) is 0 Å². The number of amides is 2. The van der Waals surface area contributed by atoms with Gasteiger partial charge in [0.2, 0.25) is 11.7 Å². The van der Waals surface area contributed by atoms with Gasteiger partial charge in [0.1, 0.15) is 0 Å². The number of hydrogen-bond donors (Lipinski definition) is 1. The second kappa shape index (κ2) is 6.01. The molecular weight excluding hydrogens is 332 g/mol. The Morgan fingerprint density at radius 2 is 2.17 bits per heavy atom. The van der Waals surface area contributed by atoms with Gasteiger partial charge in [-0.25, -0.2) is 4.79 Å². The number of nitrogens with one attached hydrogen (secondary N) is 1. The zero-order valence-electron chi connectivity index (χ0n) is 12.5. The topological polar surface area (TPSA) is 84.4 Å². The van der Waals surface area contributed by atoms with Crippen molar-refractivity contribution >= 4 is 23.3 Å². The van der Waals surface area contributed by atoms with E-state index in [4.69, 9.17) is 20.5 Å². The molecule has 2 aromatic heterocycles. The Kier molecular flexibility index (Phi) is 3.70. The summed E-state index contributed by atoms with van der Waals surface area (Å²) in [6.07, 6.45) is 1.55. The van der Waals surface area contributed by atoms with Crippen LogP contribution < -0.4 is 5.32 Å². The average Bonchev–Trinajstić information content (AvgIpc) is 3.16. The molecule has 7 nitrogen and oxygen atoms in total. The summed E-state index contributed by atoms with van der Waals surface area (Å²) in [4.78, 5) is 18.2. The maximum absolute atomic E-state index is 12.2. The van der Waals surface area contributed by atoms with Crippen molar-refractivity contribution < 1.29 is 13.7 Å².